The van der Waals surface area contributed by atoms with Crippen LogP contribution in [0.15, 0.2) is 84.9 Å². The Morgan fingerprint density at radius 1 is 0.875 bits per heavy atom. The zero-order chi connectivity index (χ0) is 28.3. The van der Waals surface area contributed by atoms with Crippen molar-refractivity contribution in [3.05, 3.63) is 119 Å². The number of ether oxygens (including phenoxy) is 2. The number of carbonyl (C=O) groups is 1. The highest BCUT2D eigenvalue weighted by molar-refractivity contribution is 5.72. The summed E-state index contributed by atoms with van der Waals surface area (Å²) in [5.41, 5.74) is 6.05. The van der Waals surface area contributed by atoms with Crippen LogP contribution in [0.1, 0.15) is 34.7 Å². The summed E-state index contributed by atoms with van der Waals surface area (Å²) in [5, 5.41) is 15.2. The summed E-state index contributed by atoms with van der Waals surface area (Å²) in [7, 11) is 0. The minimum atomic E-state index is -0.435. The number of nitriles is 1. The first-order chi connectivity index (χ1) is 19.4. The molecule has 0 aromatic heterocycles. The van der Waals surface area contributed by atoms with Crippen LogP contribution in [0, 0.1) is 24.1 Å². The number of hydrogen-bond donors (Lipinski definition) is 2. The van der Waals surface area contributed by atoms with E-state index in [4.69, 9.17) is 9.47 Å². The van der Waals surface area contributed by atoms with Crippen molar-refractivity contribution in [2.75, 3.05) is 13.1 Å². The molecule has 0 aliphatic rings. The van der Waals surface area contributed by atoms with Crippen molar-refractivity contribution in [2.45, 2.75) is 33.6 Å². The zero-order valence-electron chi connectivity index (χ0n) is 22.7. The van der Waals surface area contributed by atoms with Crippen molar-refractivity contribution in [3.8, 4) is 28.7 Å². The van der Waals surface area contributed by atoms with Gasteiger partial charge in [0.2, 0.25) is 5.91 Å². The minimum absolute atomic E-state index is 0.0398. The fourth-order valence-corrected chi connectivity index (χ4v) is 4.30. The predicted molar refractivity (Wildman–Crippen MR) is 153 cm³/mol. The predicted octanol–water partition coefficient (Wildman–Crippen LogP) is 6.06. The second-order valence-electron chi connectivity index (χ2n) is 9.38. The molecule has 0 unspecified atom stereocenters. The van der Waals surface area contributed by atoms with Crippen LogP contribution < -0.4 is 20.1 Å². The number of amides is 1. The summed E-state index contributed by atoms with van der Waals surface area (Å²) in [6.45, 7) is 5.46. The van der Waals surface area contributed by atoms with Crippen LogP contribution in [-0.2, 0) is 24.6 Å². The molecule has 0 atom stereocenters. The van der Waals surface area contributed by atoms with E-state index in [2.05, 4.69) is 41.8 Å². The van der Waals surface area contributed by atoms with Crippen molar-refractivity contribution < 1.29 is 18.7 Å². The van der Waals surface area contributed by atoms with E-state index in [0.29, 0.717) is 48.9 Å². The molecule has 1 amide bonds. The molecule has 4 aromatic rings. The highest BCUT2D eigenvalue weighted by Gasteiger charge is 2.11. The maximum absolute atomic E-state index is 14.4. The molecule has 4 rings (SSSR count). The van der Waals surface area contributed by atoms with E-state index in [1.54, 1.807) is 6.07 Å². The molecule has 0 spiro atoms. The van der Waals surface area contributed by atoms with E-state index in [9.17, 15) is 14.4 Å². The van der Waals surface area contributed by atoms with Crippen LogP contribution in [0.2, 0.25) is 0 Å². The lowest BCUT2D eigenvalue weighted by atomic mass is 9.97. The van der Waals surface area contributed by atoms with Gasteiger partial charge in [0.05, 0.1) is 11.6 Å². The average molecular weight is 538 g/mol. The quantitative estimate of drug-likeness (QED) is 0.215. The highest BCUT2D eigenvalue weighted by Crippen LogP contribution is 2.29. The molecule has 0 bridgehead atoms. The highest BCUT2D eigenvalue weighted by atomic mass is 19.1. The second-order valence-corrected chi connectivity index (χ2v) is 9.38. The first-order valence-corrected chi connectivity index (χ1v) is 13.1. The van der Waals surface area contributed by atoms with Crippen molar-refractivity contribution in [1.82, 2.24) is 10.6 Å². The zero-order valence-corrected chi connectivity index (χ0v) is 22.7. The minimum Gasteiger partial charge on any atom is -0.489 e. The first-order valence-electron chi connectivity index (χ1n) is 13.1. The summed E-state index contributed by atoms with van der Waals surface area (Å²) in [6, 6.07) is 28.2. The van der Waals surface area contributed by atoms with Crippen LogP contribution >= 0.6 is 0 Å². The van der Waals surface area contributed by atoms with Crippen molar-refractivity contribution in [1.29, 1.82) is 5.26 Å². The lowest BCUT2D eigenvalue weighted by molar-refractivity contribution is -0.118. The van der Waals surface area contributed by atoms with Gasteiger partial charge < -0.3 is 20.1 Å². The van der Waals surface area contributed by atoms with Crippen LogP contribution in [0.5, 0.6) is 11.5 Å². The van der Waals surface area contributed by atoms with Gasteiger partial charge in [-0.25, -0.2) is 4.39 Å². The molecule has 7 heteroatoms. The molecule has 40 heavy (non-hydrogen) atoms. The van der Waals surface area contributed by atoms with Gasteiger partial charge in [-0.15, -0.1) is 0 Å². The molecular formula is C33H32FN3O3. The van der Waals surface area contributed by atoms with Gasteiger partial charge >= 0.3 is 0 Å². The molecular weight excluding hydrogens is 505 g/mol. The van der Waals surface area contributed by atoms with E-state index in [1.807, 2.05) is 42.5 Å². The van der Waals surface area contributed by atoms with Crippen LogP contribution in [-0.4, -0.2) is 19.0 Å². The van der Waals surface area contributed by atoms with Gasteiger partial charge in [0.1, 0.15) is 30.5 Å². The standard InChI is InChI=1S/C33H32FN3O3/c1-23-28(9-6-10-31(23)26-7-4-3-5-8-26)21-39-30-13-12-27(20-36-15-16-37-24(2)38)33(18-30)40-22-29-17-25(19-35)11-14-32(29)34/h3-14,17-18,36H,15-16,20-22H2,1-2H3,(H,37,38). The molecule has 0 aliphatic heterocycles. The number of nitrogens with zero attached hydrogens (tertiary/aromatic N) is 1. The molecule has 0 heterocycles. The van der Waals surface area contributed by atoms with Gasteiger partial charge in [-0.3, -0.25) is 4.79 Å². The van der Waals surface area contributed by atoms with E-state index in [1.165, 1.54) is 25.1 Å². The molecule has 0 saturated carbocycles. The van der Waals surface area contributed by atoms with Gasteiger partial charge in [-0.2, -0.15) is 5.26 Å². The lowest BCUT2D eigenvalue weighted by Crippen LogP contribution is -2.30. The van der Waals surface area contributed by atoms with Crippen LogP contribution in [0.4, 0.5) is 4.39 Å². The number of nitrogens with one attached hydrogen (secondary N) is 2. The average Bonchev–Trinajstić information content (AvgIpc) is 2.97. The Morgan fingerprint density at radius 2 is 1.68 bits per heavy atom. The number of hydrogen-bond acceptors (Lipinski definition) is 5. The van der Waals surface area contributed by atoms with Gasteiger partial charge in [0.15, 0.2) is 0 Å². The fraction of sp³-hybridized carbons (Fsp3) is 0.212. The van der Waals surface area contributed by atoms with E-state index >= 15 is 0 Å². The topological polar surface area (TPSA) is 83.4 Å². The lowest BCUT2D eigenvalue weighted by Gasteiger charge is -2.16. The Hall–Kier alpha value is -4.67. The summed E-state index contributed by atoms with van der Waals surface area (Å²) in [4.78, 5) is 11.1. The van der Waals surface area contributed by atoms with Crippen LogP contribution in [0.25, 0.3) is 11.1 Å². The van der Waals surface area contributed by atoms with Gasteiger partial charge in [-0.05, 0) is 53.4 Å². The third-order valence-corrected chi connectivity index (χ3v) is 6.51. The monoisotopic (exact) mass is 537 g/mol. The molecule has 6 nitrogen and oxygen atoms in total. The van der Waals surface area contributed by atoms with E-state index in [-0.39, 0.29) is 12.5 Å². The van der Waals surface area contributed by atoms with Crippen molar-refractivity contribution in [2.24, 2.45) is 0 Å². The van der Waals surface area contributed by atoms with E-state index in [0.717, 1.165) is 27.8 Å². The largest absolute Gasteiger partial charge is 0.489 e. The van der Waals surface area contributed by atoms with Gasteiger partial charge in [0, 0.05) is 43.8 Å². The van der Waals surface area contributed by atoms with Crippen molar-refractivity contribution >= 4 is 5.91 Å². The molecule has 0 radical (unpaired) electrons. The molecule has 0 aliphatic carbocycles. The molecule has 2 N–H and O–H groups in total. The third-order valence-electron chi connectivity index (χ3n) is 6.51. The molecule has 4 aromatic carbocycles. The van der Waals surface area contributed by atoms with E-state index < -0.39 is 5.82 Å². The first kappa shape index (κ1) is 28.3. The normalized spacial score (nSPS) is 10.6. The Balaban J connectivity index is 1.50. The molecule has 0 saturated heterocycles. The van der Waals surface area contributed by atoms with Crippen LogP contribution in [0.3, 0.4) is 0 Å². The summed E-state index contributed by atoms with van der Waals surface area (Å²) < 4.78 is 26.6. The van der Waals surface area contributed by atoms with Crippen molar-refractivity contribution in [3.63, 3.8) is 0 Å². The maximum atomic E-state index is 14.4. The summed E-state index contributed by atoms with van der Waals surface area (Å²) in [5.74, 6) is 0.641. The summed E-state index contributed by atoms with van der Waals surface area (Å²) >= 11 is 0. The maximum Gasteiger partial charge on any atom is 0.216 e. The van der Waals surface area contributed by atoms with Gasteiger partial charge in [-0.1, -0.05) is 54.6 Å². The third kappa shape index (κ3) is 7.68. The SMILES string of the molecule is CC(=O)NCCNCc1ccc(OCc2cccc(-c3ccccc3)c2C)cc1OCc1cc(C#N)ccc1F. The number of carbonyl (C=O) groups excluding carboxylic acids is 1. The molecule has 204 valence electrons. The number of halogens is 1. The number of benzene rings is 4. The smallest absolute Gasteiger partial charge is 0.216 e. The molecule has 0 fully saturated rings. The fourth-order valence-electron chi connectivity index (χ4n) is 4.30. The Kier molecular flexibility index (Phi) is 9.87. The summed E-state index contributed by atoms with van der Waals surface area (Å²) in [6.07, 6.45) is 0. The van der Waals surface area contributed by atoms with Gasteiger partial charge in [0.25, 0.3) is 0 Å². The second kappa shape index (κ2) is 13.9. The Bertz CT molecular complexity index is 1500. The Morgan fingerprint density at radius 3 is 2.45 bits per heavy atom. The number of rotatable bonds is 12. The Labute approximate surface area is 234 Å².